The van der Waals surface area contributed by atoms with E-state index in [1.807, 2.05) is 23.9 Å². The topological polar surface area (TPSA) is 67.1 Å². The van der Waals surface area contributed by atoms with Crippen LogP contribution in [-0.2, 0) is 7.05 Å². The first-order valence-corrected chi connectivity index (χ1v) is 8.94. The highest BCUT2D eigenvalue weighted by atomic mass is 35.5. The third kappa shape index (κ3) is 3.13. The summed E-state index contributed by atoms with van der Waals surface area (Å²) in [6.07, 6.45) is 7.24. The average Bonchev–Trinajstić information content (AvgIpc) is 3.35. The van der Waals surface area contributed by atoms with Crippen LogP contribution in [0.4, 0.5) is 5.82 Å². The number of rotatable bonds is 4. The Bertz CT molecular complexity index is 722. The summed E-state index contributed by atoms with van der Waals surface area (Å²) in [5.74, 6) is 3.26. The SMILES string of the molecule is Cn1ccnc1C(O)C1CCN(c2cc(Cl)nc(C3CC3)n2)CC1. The molecule has 0 aromatic carbocycles. The van der Waals surface area contributed by atoms with E-state index in [1.54, 1.807) is 6.20 Å². The maximum absolute atomic E-state index is 10.6. The fraction of sp³-hybridized carbons (Fsp3) is 0.588. The molecule has 1 aliphatic heterocycles. The van der Waals surface area contributed by atoms with Crippen molar-refractivity contribution in [3.8, 4) is 0 Å². The Morgan fingerprint density at radius 1 is 1.21 bits per heavy atom. The number of hydrogen-bond donors (Lipinski definition) is 1. The predicted octanol–water partition coefficient (Wildman–Crippen LogP) is 2.69. The summed E-state index contributed by atoms with van der Waals surface area (Å²) in [7, 11) is 1.92. The average molecular weight is 348 g/mol. The van der Waals surface area contributed by atoms with Gasteiger partial charge in [0, 0.05) is 44.5 Å². The Morgan fingerprint density at radius 3 is 2.58 bits per heavy atom. The lowest BCUT2D eigenvalue weighted by atomic mass is 9.90. The van der Waals surface area contributed by atoms with Crippen LogP contribution >= 0.6 is 11.6 Å². The van der Waals surface area contributed by atoms with Gasteiger partial charge >= 0.3 is 0 Å². The van der Waals surface area contributed by atoms with Crippen molar-refractivity contribution in [2.24, 2.45) is 13.0 Å². The number of nitrogens with zero attached hydrogens (tertiary/aromatic N) is 5. The molecule has 0 amide bonds. The molecule has 2 fully saturated rings. The Balaban J connectivity index is 1.44. The molecule has 2 aromatic rings. The molecule has 1 N–H and O–H groups in total. The highest BCUT2D eigenvalue weighted by molar-refractivity contribution is 6.29. The second-order valence-corrected chi connectivity index (χ2v) is 7.23. The van der Waals surface area contributed by atoms with E-state index in [9.17, 15) is 5.11 Å². The first kappa shape index (κ1) is 15.8. The highest BCUT2D eigenvalue weighted by Crippen LogP contribution is 2.39. The van der Waals surface area contributed by atoms with Crippen LogP contribution in [0.15, 0.2) is 18.5 Å². The molecule has 2 aromatic heterocycles. The van der Waals surface area contributed by atoms with E-state index in [4.69, 9.17) is 16.6 Å². The van der Waals surface area contributed by atoms with Gasteiger partial charge < -0.3 is 14.6 Å². The van der Waals surface area contributed by atoms with E-state index in [-0.39, 0.29) is 5.92 Å². The number of aromatic nitrogens is 4. The van der Waals surface area contributed by atoms with Crippen LogP contribution in [-0.4, -0.2) is 37.7 Å². The number of imidazole rings is 1. The molecule has 1 saturated heterocycles. The van der Waals surface area contributed by atoms with E-state index in [0.717, 1.165) is 56.2 Å². The smallest absolute Gasteiger partial charge is 0.137 e. The molecule has 24 heavy (non-hydrogen) atoms. The van der Waals surface area contributed by atoms with Gasteiger partial charge in [0.25, 0.3) is 0 Å². The van der Waals surface area contributed by atoms with Crippen molar-refractivity contribution < 1.29 is 5.11 Å². The van der Waals surface area contributed by atoms with Gasteiger partial charge in [-0.05, 0) is 31.6 Å². The molecular formula is C17H22ClN5O. The number of aliphatic hydroxyl groups is 1. The van der Waals surface area contributed by atoms with Crippen molar-refractivity contribution in [3.63, 3.8) is 0 Å². The standard InChI is InChI=1S/C17H22ClN5O/c1-22-9-6-19-17(22)15(24)11-4-7-23(8-5-11)14-10-13(18)20-16(21-14)12-2-3-12/h6,9-12,15,24H,2-5,7-8H2,1H3. The molecule has 2 aliphatic rings. The van der Waals surface area contributed by atoms with E-state index >= 15 is 0 Å². The number of aryl methyl sites for hydroxylation is 1. The Kier molecular flexibility index (Phi) is 4.18. The molecule has 7 heteroatoms. The van der Waals surface area contributed by atoms with Crippen LogP contribution in [0.5, 0.6) is 0 Å². The third-order valence-corrected chi connectivity index (χ3v) is 5.27. The van der Waals surface area contributed by atoms with E-state index < -0.39 is 6.10 Å². The van der Waals surface area contributed by atoms with Gasteiger partial charge in [-0.25, -0.2) is 15.0 Å². The normalized spacial score (nSPS) is 20.4. The van der Waals surface area contributed by atoms with Gasteiger partial charge in [-0.15, -0.1) is 0 Å². The van der Waals surface area contributed by atoms with Crippen LogP contribution in [0.1, 0.15) is 49.4 Å². The maximum atomic E-state index is 10.6. The van der Waals surface area contributed by atoms with E-state index in [2.05, 4.69) is 14.9 Å². The molecule has 128 valence electrons. The largest absolute Gasteiger partial charge is 0.385 e. The molecule has 0 radical (unpaired) electrons. The summed E-state index contributed by atoms with van der Waals surface area (Å²) in [5, 5.41) is 11.1. The van der Waals surface area contributed by atoms with Crippen LogP contribution < -0.4 is 4.90 Å². The predicted molar refractivity (Wildman–Crippen MR) is 92.1 cm³/mol. The first-order valence-electron chi connectivity index (χ1n) is 8.56. The number of piperidine rings is 1. The van der Waals surface area contributed by atoms with Gasteiger partial charge in [-0.3, -0.25) is 0 Å². The van der Waals surface area contributed by atoms with Crippen molar-refractivity contribution in [1.29, 1.82) is 0 Å². The third-order valence-electron chi connectivity index (χ3n) is 5.07. The fourth-order valence-corrected chi connectivity index (χ4v) is 3.61. The van der Waals surface area contributed by atoms with Gasteiger partial charge in [-0.2, -0.15) is 0 Å². The fourth-order valence-electron chi connectivity index (χ4n) is 3.43. The molecule has 3 heterocycles. The monoisotopic (exact) mass is 347 g/mol. The minimum atomic E-state index is -0.511. The van der Waals surface area contributed by atoms with Crippen LogP contribution in [0.25, 0.3) is 0 Å². The summed E-state index contributed by atoms with van der Waals surface area (Å²) in [6.45, 7) is 1.73. The summed E-state index contributed by atoms with van der Waals surface area (Å²) >= 11 is 6.18. The summed E-state index contributed by atoms with van der Waals surface area (Å²) in [4.78, 5) is 15.6. The lowest BCUT2D eigenvalue weighted by molar-refractivity contribution is 0.0824. The van der Waals surface area contributed by atoms with Crippen LogP contribution in [0, 0.1) is 5.92 Å². The zero-order valence-electron chi connectivity index (χ0n) is 13.8. The van der Waals surface area contributed by atoms with E-state index in [1.165, 1.54) is 0 Å². The number of hydrogen-bond acceptors (Lipinski definition) is 5. The maximum Gasteiger partial charge on any atom is 0.137 e. The zero-order valence-corrected chi connectivity index (χ0v) is 14.5. The van der Waals surface area contributed by atoms with Gasteiger partial charge in [0.15, 0.2) is 0 Å². The molecular weight excluding hydrogens is 326 g/mol. The Morgan fingerprint density at radius 2 is 1.96 bits per heavy atom. The van der Waals surface area contributed by atoms with Crippen LogP contribution in [0.3, 0.4) is 0 Å². The number of halogens is 1. The van der Waals surface area contributed by atoms with Crippen LogP contribution in [0.2, 0.25) is 5.15 Å². The molecule has 0 spiro atoms. The Labute approximate surface area is 146 Å². The van der Waals surface area contributed by atoms with Gasteiger partial charge in [-0.1, -0.05) is 11.6 Å². The molecule has 1 unspecified atom stereocenters. The quantitative estimate of drug-likeness (QED) is 0.861. The molecule has 1 saturated carbocycles. The molecule has 6 nitrogen and oxygen atoms in total. The minimum absolute atomic E-state index is 0.225. The van der Waals surface area contributed by atoms with Gasteiger partial charge in [0.1, 0.15) is 28.7 Å². The minimum Gasteiger partial charge on any atom is -0.385 e. The Hall–Kier alpha value is -1.66. The highest BCUT2D eigenvalue weighted by Gasteiger charge is 2.31. The number of aliphatic hydroxyl groups excluding tert-OH is 1. The lowest BCUT2D eigenvalue weighted by Gasteiger charge is -2.34. The zero-order chi connectivity index (χ0) is 16.7. The lowest BCUT2D eigenvalue weighted by Crippen LogP contribution is -2.36. The number of anilines is 1. The van der Waals surface area contributed by atoms with Crippen molar-refractivity contribution in [2.45, 2.75) is 37.7 Å². The molecule has 1 atom stereocenters. The van der Waals surface area contributed by atoms with Crippen molar-refractivity contribution in [2.75, 3.05) is 18.0 Å². The molecule has 4 rings (SSSR count). The van der Waals surface area contributed by atoms with Crippen molar-refractivity contribution >= 4 is 17.4 Å². The summed E-state index contributed by atoms with van der Waals surface area (Å²) in [6, 6.07) is 1.85. The van der Waals surface area contributed by atoms with Crippen molar-refractivity contribution in [1.82, 2.24) is 19.5 Å². The molecule has 0 bridgehead atoms. The van der Waals surface area contributed by atoms with Gasteiger partial charge in [0.2, 0.25) is 0 Å². The van der Waals surface area contributed by atoms with E-state index in [0.29, 0.717) is 11.1 Å². The van der Waals surface area contributed by atoms with Crippen molar-refractivity contribution in [3.05, 3.63) is 35.3 Å². The van der Waals surface area contributed by atoms with Gasteiger partial charge in [0.05, 0.1) is 0 Å². The molecule has 1 aliphatic carbocycles. The second kappa shape index (κ2) is 6.33. The first-order chi connectivity index (χ1) is 11.6. The summed E-state index contributed by atoms with van der Waals surface area (Å²) < 4.78 is 1.89. The second-order valence-electron chi connectivity index (χ2n) is 6.85. The summed E-state index contributed by atoms with van der Waals surface area (Å²) in [5.41, 5.74) is 0.